The Labute approximate surface area is 132 Å². The van der Waals surface area contributed by atoms with Crippen molar-refractivity contribution in [2.24, 2.45) is 5.92 Å². The largest absolute Gasteiger partial charge is 0.493 e. The van der Waals surface area contributed by atoms with Gasteiger partial charge >= 0.3 is 0 Å². The molecule has 3 heteroatoms. The number of aryl methyl sites for hydroxylation is 1. The maximum Gasteiger partial charge on any atom is 0.131 e. The average Bonchev–Trinajstić information content (AvgIpc) is 2.51. The number of nitrogens with zero attached hydrogens (tertiary/aromatic N) is 1. The lowest BCUT2D eigenvalue weighted by Crippen LogP contribution is -2.08. The standard InChI is InChI=1S/C19H23NO2/c1-13(2)5-4-10-21-15-6-7-17-16-8-9-20-14(3)18(16)12-22-19(17)11-15/h6-9,11,13H,4-5,10,12H2,1-3H3. The molecule has 1 aliphatic heterocycles. The number of hydrogen-bond acceptors (Lipinski definition) is 3. The number of rotatable bonds is 5. The van der Waals surface area contributed by atoms with Crippen LogP contribution in [0.3, 0.4) is 0 Å². The Hall–Kier alpha value is -2.03. The van der Waals surface area contributed by atoms with E-state index in [0.717, 1.165) is 41.7 Å². The van der Waals surface area contributed by atoms with Gasteiger partial charge < -0.3 is 9.47 Å². The van der Waals surface area contributed by atoms with E-state index < -0.39 is 0 Å². The number of fused-ring (bicyclic) bond motifs is 3. The van der Waals surface area contributed by atoms with E-state index in [0.29, 0.717) is 6.61 Å². The monoisotopic (exact) mass is 297 g/mol. The van der Waals surface area contributed by atoms with Crippen molar-refractivity contribution >= 4 is 0 Å². The van der Waals surface area contributed by atoms with Gasteiger partial charge in [0.15, 0.2) is 0 Å². The second-order valence-electron chi connectivity index (χ2n) is 6.25. The van der Waals surface area contributed by atoms with E-state index in [1.54, 1.807) is 0 Å². The molecule has 1 aromatic heterocycles. The molecule has 0 bridgehead atoms. The minimum absolute atomic E-state index is 0.582. The highest BCUT2D eigenvalue weighted by atomic mass is 16.5. The highest BCUT2D eigenvalue weighted by Gasteiger charge is 2.19. The quantitative estimate of drug-likeness (QED) is 0.745. The number of aromatic nitrogens is 1. The van der Waals surface area contributed by atoms with E-state index in [1.165, 1.54) is 17.5 Å². The molecule has 0 atom stereocenters. The molecule has 0 saturated heterocycles. The van der Waals surface area contributed by atoms with Crippen molar-refractivity contribution < 1.29 is 9.47 Å². The summed E-state index contributed by atoms with van der Waals surface area (Å²) in [6, 6.07) is 8.18. The van der Waals surface area contributed by atoms with Gasteiger partial charge in [-0.1, -0.05) is 13.8 Å². The third kappa shape index (κ3) is 3.08. The van der Waals surface area contributed by atoms with Gasteiger partial charge in [-0.05, 0) is 49.4 Å². The Morgan fingerprint density at radius 1 is 1.23 bits per heavy atom. The molecule has 1 aliphatic rings. The molecule has 0 N–H and O–H groups in total. The Morgan fingerprint density at radius 3 is 2.91 bits per heavy atom. The first kappa shape index (κ1) is 14.9. The van der Waals surface area contributed by atoms with Gasteiger partial charge in [-0.15, -0.1) is 0 Å². The van der Waals surface area contributed by atoms with E-state index in [-0.39, 0.29) is 0 Å². The van der Waals surface area contributed by atoms with Crippen LogP contribution in [-0.2, 0) is 6.61 Å². The van der Waals surface area contributed by atoms with Crippen LogP contribution in [0.2, 0.25) is 0 Å². The molecule has 0 amide bonds. The van der Waals surface area contributed by atoms with E-state index in [2.05, 4.69) is 31.0 Å². The van der Waals surface area contributed by atoms with Crippen LogP contribution in [0.25, 0.3) is 11.1 Å². The molecule has 0 fully saturated rings. The maximum absolute atomic E-state index is 5.90. The number of hydrogen-bond donors (Lipinski definition) is 0. The summed E-state index contributed by atoms with van der Waals surface area (Å²) in [5, 5.41) is 0. The van der Waals surface area contributed by atoms with Gasteiger partial charge in [-0.25, -0.2) is 0 Å². The van der Waals surface area contributed by atoms with E-state index in [9.17, 15) is 0 Å². The highest BCUT2D eigenvalue weighted by molar-refractivity contribution is 5.76. The van der Waals surface area contributed by atoms with Crippen LogP contribution >= 0.6 is 0 Å². The third-order valence-electron chi connectivity index (χ3n) is 4.08. The minimum Gasteiger partial charge on any atom is -0.493 e. The molecule has 0 saturated carbocycles. The molecule has 116 valence electrons. The molecule has 1 aromatic carbocycles. The molecule has 2 heterocycles. The molecule has 0 spiro atoms. The predicted octanol–water partition coefficient (Wildman–Crippen LogP) is 4.76. The fraction of sp³-hybridized carbons (Fsp3) is 0.421. The normalized spacial score (nSPS) is 12.5. The van der Waals surface area contributed by atoms with Gasteiger partial charge in [-0.3, -0.25) is 4.98 Å². The van der Waals surface area contributed by atoms with Crippen LogP contribution in [0, 0.1) is 12.8 Å². The zero-order chi connectivity index (χ0) is 15.5. The summed E-state index contributed by atoms with van der Waals surface area (Å²) in [6.45, 7) is 7.84. The first-order chi connectivity index (χ1) is 10.6. The molecule has 22 heavy (non-hydrogen) atoms. The van der Waals surface area contributed by atoms with Crippen LogP contribution in [0.4, 0.5) is 0 Å². The summed E-state index contributed by atoms with van der Waals surface area (Å²) in [5.74, 6) is 2.51. The van der Waals surface area contributed by atoms with Crippen LogP contribution in [0.15, 0.2) is 30.5 Å². The minimum atomic E-state index is 0.582. The fourth-order valence-corrected chi connectivity index (χ4v) is 2.80. The van der Waals surface area contributed by atoms with Crippen molar-refractivity contribution in [3.63, 3.8) is 0 Å². The van der Waals surface area contributed by atoms with Crippen LogP contribution in [0.5, 0.6) is 11.5 Å². The molecule has 0 unspecified atom stereocenters. The van der Waals surface area contributed by atoms with Crippen molar-refractivity contribution in [1.82, 2.24) is 4.98 Å². The summed E-state index contributed by atoms with van der Waals surface area (Å²) >= 11 is 0. The Kier molecular flexibility index (Phi) is 4.32. The summed E-state index contributed by atoms with van der Waals surface area (Å²) in [6.07, 6.45) is 4.14. The maximum atomic E-state index is 5.90. The second kappa shape index (κ2) is 6.39. The lowest BCUT2D eigenvalue weighted by Gasteiger charge is -2.22. The van der Waals surface area contributed by atoms with Gasteiger partial charge in [0.25, 0.3) is 0 Å². The summed E-state index contributed by atoms with van der Waals surface area (Å²) in [7, 11) is 0. The molecule has 3 nitrogen and oxygen atoms in total. The van der Waals surface area contributed by atoms with E-state index in [1.807, 2.05) is 25.3 Å². The first-order valence-corrected chi connectivity index (χ1v) is 7.99. The fourth-order valence-electron chi connectivity index (χ4n) is 2.80. The summed E-state index contributed by atoms with van der Waals surface area (Å²) in [5.41, 5.74) is 4.57. The first-order valence-electron chi connectivity index (χ1n) is 7.99. The van der Waals surface area contributed by atoms with E-state index in [4.69, 9.17) is 9.47 Å². The zero-order valence-electron chi connectivity index (χ0n) is 13.6. The molecular formula is C19H23NO2. The van der Waals surface area contributed by atoms with Crippen molar-refractivity contribution in [3.8, 4) is 22.6 Å². The van der Waals surface area contributed by atoms with Crippen molar-refractivity contribution in [2.45, 2.75) is 40.2 Å². The Morgan fingerprint density at radius 2 is 2.09 bits per heavy atom. The number of ether oxygens (including phenoxy) is 2. The molecule has 0 aliphatic carbocycles. The number of benzene rings is 1. The van der Waals surface area contributed by atoms with Crippen molar-refractivity contribution in [2.75, 3.05) is 6.61 Å². The van der Waals surface area contributed by atoms with Gasteiger partial charge in [0.1, 0.15) is 18.1 Å². The van der Waals surface area contributed by atoms with Crippen LogP contribution in [-0.4, -0.2) is 11.6 Å². The predicted molar refractivity (Wildman–Crippen MR) is 88.3 cm³/mol. The molecule has 3 rings (SSSR count). The smallest absolute Gasteiger partial charge is 0.131 e. The third-order valence-corrected chi connectivity index (χ3v) is 4.08. The molecule has 2 aromatic rings. The SMILES string of the molecule is Cc1nccc2c1COc1cc(OCCCC(C)C)ccc1-2. The second-order valence-corrected chi connectivity index (χ2v) is 6.25. The van der Waals surface area contributed by atoms with Gasteiger partial charge in [0.05, 0.1) is 6.61 Å². The zero-order valence-corrected chi connectivity index (χ0v) is 13.6. The molecule has 0 radical (unpaired) electrons. The highest BCUT2D eigenvalue weighted by Crippen LogP contribution is 2.40. The summed E-state index contributed by atoms with van der Waals surface area (Å²) in [4.78, 5) is 4.34. The lowest BCUT2D eigenvalue weighted by atomic mass is 9.97. The Bertz CT molecular complexity index is 664. The van der Waals surface area contributed by atoms with Gasteiger partial charge in [0.2, 0.25) is 0 Å². The topological polar surface area (TPSA) is 31.4 Å². The lowest BCUT2D eigenvalue weighted by molar-refractivity contribution is 0.284. The van der Waals surface area contributed by atoms with Crippen molar-refractivity contribution in [3.05, 3.63) is 41.7 Å². The summed E-state index contributed by atoms with van der Waals surface area (Å²) < 4.78 is 11.7. The van der Waals surface area contributed by atoms with Crippen LogP contribution in [0.1, 0.15) is 37.9 Å². The van der Waals surface area contributed by atoms with Crippen molar-refractivity contribution in [1.29, 1.82) is 0 Å². The average molecular weight is 297 g/mol. The Balaban J connectivity index is 1.75. The van der Waals surface area contributed by atoms with Gasteiger partial charge in [-0.2, -0.15) is 0 Å². The molecular weight excluding hydrogens is 274 g/mol. The van der Waals surface area contributed by atoms with E-state index >= 15 is 0 Å². The van der Waals surface area contributed by atoms with Gasteiger partial charge in [0, 0.05) is 29.1 Å². The number of pyridine rings is 1. The van der Waals surface area contributed by atoms with Crippen LogP contribution < -0.4 is 9.47 Å².